The van der Waals surface area contributed by atoms with Gasteiger partial charge in [-0.3, -0.25) is 9.36 Å². The number of carbonyl (C=O) groups is 1. The van der Waals surface area contributed by atoms with Crippen LogP contribution in [0.5, 0.6) is 0 Å². The van der Waals surface area contributed by atoms with Crippen molar-refractivity contribution in [1.29, 1.82) is 0 Å². The lowest BCUT2D eigenvalue weighted by molar-refractivity contribution is -0.197. The lowest BCUT2D eigenvalue weighted by Gasteiger charge is -2.24. The van der Waals surface area contributed by atoms with Crippen LogP contribution in [-0.2, 0) is 25.5 Å². The van der Waals surface area contributed by atoms with Crippen LogP contribution in [0.15, 0.2) is 43.0 Å². The van der Waals surface area contributed by atoms with Crippen molar-refractivity contribution < 1.29 is 19.0 Å². The summed E-state index contributed by atoms with van der Waals surface area (Å²) in [7, 11) is 0. The van der Waals surface area contributed by atoms with Crippen LogP contribution in [0, 0.1) is 0 Å². The lowest BCUT2D eigenvalue weighted by Crippen LogP contribution is -2.42. The van der Waals surface area contributed by atoms with E-state index < -0.39 is 30.3 Å². The molecule has 10 heteroatoms. The first-order chi connectivity index (χ1) is 14.4. The van der Waals surface area contributed by atoms with Gasteiger partial charge in [-0.15, -0.1) is 0 Å². The minimum Gasteiger partial charge on any atom is -0.382 e. The van der Waals surface area contributed by atoms with Gasteiger partial charge in [-0.1, -0.05) is 30.3 Å². The van der Waals surface area contributed by atoms with Crippen LogP contribution in [-0.4, -0.2) is 49.5 Å². The number of benzene rings is 1. The highest BCUT2D eigenvalue weighted by atomic mass is 16.8. The van der Waals surface area contributed by atoms with Gasteiger partial charge in [-0.25, -0.2) is 15.0 Å². The highest BCUT2D eigenvalue weighted by molar-refractivity contribution is 5.83. The smallest absolute Gasteiger partial charge is 0.252 e. The number of rotatable bonds is 4. The second-order valence-corrected chi connectivity index (χ2v) is 7.80. The monoisotopic (exact) mass is 410 g/mol. The molecule has 0 aliphatic carbocycles. The molecule has 0 unspecified atom stereocenters. The molecule has 1 aromatic carbocycles. The van der Waals surface area contributed by atoms with Crippen LogP contribution in [0.25, 0.3) is 11.2 Å². The molecule has 2 saturated heterocycles. The Bertz CT molecular complexity index is 1090. The number of ether oxygens (including phenoxy) is 3. The first-order valence-corrected chi connectivity index (χ1v) is 9.69. The number of nitrogens with zero attached hydrogens (tertiary/aromatic N) is 4. The van der Waals surface area contributed by atoms with Gasteiger partial charge in [0.25, 0.3) is 5.91 Å². The van der Waals surface area contributed by atoms with Crippen molar-refractivity contribution in [2.75, 3.05) is 5.73 Å². The average molecular weight is 410 g/mol. The first-order valence-electron chi connectivity index (χ1n) is 9.69. The minimum atomic E-state index is -0.847. The van der Waals surface area contributed by atoms with Gasteiger partial charge >= 0.3 is 0 Å². The third-order valence-electron chi connectivity index (χ3n) is 5.26. The normalized spacial score (nSPS) is 27.3. The number of imidazole rings is 1. The number of nitrogen functional groups attached to an aromatic ring is 1. The molecule has 10 nitrogen and oxygen atoms in total. The summed E-state index contributed by atoms with van der Waals surface area (Å²) >= 11 is 0. The number of aromatic nitrogens is 4. The van der Waals surface area contributed by atoms with Gasteiger partial charge in [0.1, 0.15) is 24.1 Å². The summed E-state index contributed by atoms with van der Waals surface area (Å²) in [5.74, 6) is -0.842. The second kappa shape index (κ2) is 7.01. The minimum absolute atomic E-state index is 0.267. The highest BCUT2D eigenvalue weighted by Crippen LogP contribution is 2.43. The van der Waals surface area contributed by atoms with Crippen molar-refractivity contribution in [3.05, 3.63) is 48.5 Å². The fraction of sp³-hybridized carbons (Fsp3) is 0.400. The summed E-state index contributed by atoms with van der Waals surface area (Å²) in [6.07, 6.45) is 0.350. The third-order valence-corrected chi connectivity index (χ3v) is 5.26. The maximum absolute atomic E-state index is 13.0. The van der Waals surface area contributed by atoms with Crippen LogP contribution >= 0.6 is 0 Å². The average Bonchev–Trinajstić information content (AvgIpc) is 3.38. The highest BCUT2D eigenvalue weighted by Gasteiger charge is 2.58. The number of nitrogens with two attached hydrogens (primary N) is 1. The molecule has 2 fully saturated rings. The SMILES string of the molecule is CC1(C)O[C@@H]2[C@H](O1)[C@@H](C(=O)NCc1ccccc1)O[C@H]2n1cnc2c(N)ncnc21. The van der Waals surface area contributed by atoms with Gasteiger partial charge in [0.05, 0.1) is 6.33 Å². The number of carbonyl (C=O) groups excluding carboxylic acids is 1. The Labute approximate surface area is 172 Å². The Morgan fingerprint density at radius 1 is 1.17 bits per heavy atom. The van der Waals surface area contributed by atoms with Gasteiger partial charge in [-0.05, 0) is 19.4 Å². The van der Waals surface area contributed by atoms with Crippen molar-refractivity contribution in [2.45, 2.75) is 50.7 Å². The molecule has 2 aromatic heterocycles. The largest absolute Gasteiger partial charge is 0.382 e. The van der Waals surface area contributed by atoms with Crippen molar-refractivity contribution in [2.24, 2.45) is 0 Å². The molecule has 1 amide bonds. The van der Waals surface area contributed by atoms with Crippen LogP contribution in [0.2, 0.25) is 0 Å². The molecular weight excluding hydrogens is 388 g/mol. The van der Waals surface area contributed by atoms with Crippen molar-refractivity contribution in [3.63, 3.8) is 0 Å². The zero-order chi connectivity index (χ0) is 20.9. The van der Waals surface area contributed by atoms with E-state index in [0.29, 0.717) is 17.7 Å². The zero-order valence-electron chi connectivity index (χ0n) is 16.6. The summed E-state index contributed by atoms with van der Waals surface area (Å²) < 4.78 is 19.9. The van der Waals surface area contributed by atoms with Crippen molar-refractivity contribution >= 4 is 22.9 Å². The molecule has 2 aliphatic heterocycles. The zero-order valence-corrected chi connectivity index (χ0v) is 16.6. The third kappa shape index (κ3) is 3.18. The van der Waals surface area contributed by atoms with Crippen molar-refractivity contribution in [3.8, 4) is 0 Å². The topological polar surface area (TPSA) is 126 Å². The molecule has 0 spiro atoms. The first kappa shape index (κ1) is 18.9. The van der Waals surface area contributed by atoms with E-state index in [9.17, 15) is 4.79 Å². The molecule has 156 valence electrons. The number of anilines is 1. The van der Waals surface area contributed by atoms with Gasteiger partial charge < -0.3 is 25.3 Å². The number of nitrogens with one attached hydrogen (secondary N) is 1. The fourth-order valence-electron chi connectivity index (χ4n) is 3.95. The maximum Gasteiger partial charge on any atom is 0.252 e. The number of hydrogen-bond acceptors (Lipinski definition) is 8. The fourth-order valence-corrected chi connectivity index (χ4v) is 3.95. The summed E-state index contributed by atoms with van der Waals surface area (Å²) in [6, 6.07) is 9.67. The van der Waals surface area contributed by atoms with Gasteiger partial charge in [0, 0.05) is 6.54 Å². The van der Waals surface area contributed by atoms with E-state index >= 15 is 0 Å². The lowest BCUT2D eigenvalue weighted by atomic mass is 10.1. The van der Waals surface area contributed by atoms with E-state index in [-0.39, 0.29) is 11.7 Å². The summed E-state index contributed by atoms with van der Waals surface area (Å²) in [5, 5.41) is 2.92. The second-order valence-electron chi connectivity index (χ2n) is 7.80. The Hall–Kier alpha value is -3.08. The van der Waals surface area contributed by atoms with E-state index in [1.165, 1.54) is 6.33 Å². The van der Waals surface area contributed by atoms with Gasteiger partial charge in [-0.2, -0.15) is 0 Å². The van der Waals surface area contributed by atoms with E-state index in [1.807, 2.05) is 44.2 Å². The summed E-state index contributed by atoms with van der Waals surface area (Å²) in [4.78, 5) is 25.5. The van der Waals surface area contributed by atoms with E-state index in [2.05, 4.69) is 20.3 Å². The number of hydrogen-bond donors (Lipinski definition) is 2. The van der Waals surface area contributed by atoms with Crippen LogP contribution in [0.4, 0.5) is 5.82 Å². The summed E-state index contributed by atoms with van der Waals surface area (Å²) in [5.41, 5.74) is 7.86. The molecule has 4 atom stereocenters. The molecule has 5 rings (SSSR count). The van der Waals surface area contributed by atoms with E-state index in [4.69, 9.17) is 19.9 Å². The Morgan fingerprint density at radius 3 is 2.73 bits per heavy atom. The molecular formula is C20H22N6O4. The Kier molecular flexibility index (Phi) is 4.42. The molecule has 4 heterocycles. The van der Waals surface area contributed by atoms with Gasteiger partial charge in [0.2, 0.25) is 0 Å². The van der Waals surface area contributed by atoms with E-state index in [0.717, 1.165) is 5.56 Å². The number of amides is 1. The van der Waals surface area contributed by atoms with E-state index in [1.54, 1.807) is 10.9 Å². The molecule has 30 heavy (non-hydrogen) atoms. The van der Waals surface area contributed by atoms with Crippen LogP contribution in [0.1, 0.15) is 25.6 Å². The van der Waals surface area contributed by atoms with Crippen LogP contribution in [0.3, 0.4) is 0 Å². The quantitative estimate of drug-likeness (QED) is 0.656. The molecule has 0 radical (unpaired) electrons. The predicted octanol–water partition coefficient (Wildman–Crippen LogP) is 1.14. The van der Waals surface area contributed by atoms with Gasteiger partial charge in [0.15, 0.2) is 29.6 Å². The van der Waals surface area contributed by atoms with Crippen molar-refractivity contribution in [1.82, 2.24) is 24.8 Å². The predicted molar refractivity (Wildman–Crippen MR) is 106 cm³/mol. The standard InChI is InChI=1S/C20H22N6O4/c1-20(2)29-13-14(18(27)22-8-11-6-4-3-5-7-11)28-19(15(13)30-20)26-10-25-12-16(21)23-9-24-17(12)26/h3-7,9-10,13-15,19H,8H2,1-2H3,(H,22,27)(H2,21,23,24)/t13-,14+,15-,19-/m1/s1. The molecule has 0 saturated carbocycles. The maximum atomic E-state index is 13.0. The Morgan fingerprint density at radius 2 is 1.93 bits per heavy atom. The molecule has 0 bridgehead atoms. The molecule has 2 aliphatic rings. The Balaban J connectivity index is 1.42. The number of fused-ring (bicyclic) bond motifs is 2. The summed E-state index contributed by atoms with van der Waals surface area (Å²) in [6.45, 7) is 4.02. The molecule has 3 aromatic rings. The van der Waals surface area contributed by atoms with Crippen LogP contribution < -0.4 is 11.1 Å². The molecule has 3 N–H and O–H groups in total.